The third kappa shape index (κ3) is 3.98. The average Bonchev–Trinajstić information content (AvgIpc) is 3.20. The first-order chi connectivity index (χ1) is 14.5. The van der Waals surface area contributed by atoms with Gasteiger partial charge in [0.05, 0.1) is 12.3 Å². The molecule has 3 heterocycles. The van der Waals surface area contributed by atoms with E-state index in [4.69, 9.17) is 11.6 Å². The summed E-state index contributed by atoms with van der Waals surface area (Å²) in [7, 11) is 0. The molecule has 3 aromatic heterocycles. The summed E-state index contributed by atoms with van der Waals surface area (Å²) < 4.78 is 1.98. The number of anilines is 1. The Bertz CT molecular complexity index is 1220. The van der Waals surface area contributed by atoms with Gasteiger partial charge in [-0.3, -0.25) is 9.38 Å². The smallest absolute Gasteiger partial charge is 0.205 e. The molecule has 0 radical (unpaired) electrons. The summed E-state index contributed by atoms with van der Waals surface area (Å²) in [5, 5.41) is 12.2. The molecule has 0 fully saturated rings. The number of nitrogens with zero attached hydrogens (tertiary/aromatic N) is 6. The SMILES string of the molecule is [C-]#[N+]c1cncc(-c2cn3c(C(C)C)nnc3c(NCCc3ccc(C)cc3)n2)c1. The fraction of sp³-hybridized carbons (Fsp3) is 0.261. The number of hydrogen-bond donors (Lipinski definition) is 1. The van der Waals surface area contributed by atoms with Crippen LogP contribution in [-0.2, 0) is 6.42 Å². The van der Waals surface area contributed by atoms with Crippen molar-refractivity contribution >= 4 is 17.2 Å². The number of nitrogens with one attached hydrogen (secondary N) is 1. The van der Waals surface area contributed by atoms with Crippen LogP contribution in [0.2, 0.25) is 0 Å². The lowest BCUT2D eigenvalue weighted by molar-refractivity contribution is 0.758. The summed E-state index contributed by atoms with van der Waals surface area (Å²) in [5.74, 6) is 1.75. The number of aryl methyl sites for hydroxylation is 1. The summed E-state index contributed by atoms with van der Waals surface area (Å²) in [6.45, 7) is 14.2. The van der Waals surface area contributed by atoms with Gasteiger partial charge in [0.1, 0.15) is 5.82 Å². The van der Waals surface area contributed by atoms with Crippen molar-refractivity contribution in [1.82, 2.24) is 24.6 Å². The van der Waals surface area contributed by atoms with E-state index in [0.29, 0.717) is 17.2 Å². The molecule has 0 bridgehead atoms. The van der Waals surface area contributed by atoms with Gasteiger partial charge in [-0.25, -0.2) is 9.83 Å². The summed E-state index contributed by atoms with van der Waals surface area (Å²) >= 11 is 0. The molecule has 0 unspecified atom stereocenters. The van der Waals surface area contributed by atoms with E-state index in [1.165, 1.54) is 11.1 Å². The molecule has 0 atom stereocenters. The van der Waals surface area contributed by atoms with Crippen LogP contribution < -0.4 is 5.32 Å². The maximum Gasteiger partial charge on any atom is 0.205 e. The normalized spacial score (nSPS) is 11.0. The van der Waals surface area contributed by atoms with Crippen molar-refractivity contribution in [2.75, 3.05) is 11.9 Å². The van der Waals surface area contributed by atoms with Crippen LogP contribution in [0.4, 0.5) is 11.5 Å². The Morgan fingerprint density at radius 2 is 1.93 bits per heavy atom. The molecule has 7 heteroatoms. The first-order valence-corrected chi connectivity index (χ1v) is 9.93. The number of benzene rings is 1. The predicted molar refractivity (Wildman–Crippen MR) is 118 cm³/mol. The molecular formula is C23H23N7. The van der Waals surface area contributed by atoms with E-state index >= 15 is 0 Å². The van der Waals surface area contributed by atoms with Crippen molar-refractivity contribution in [3.63, 3.8) is 0 Å². The maximum atomic E-state index is 7.25. The minimum absolute atomic E-state index is 0.211. The van der Waals surface area contributed by atoms with Crippen LogP contribution in [0, 0.1) is 13.5 Å². The second-order valence-electron chi connectivity index (χ2n) is 7.59. The molecular weight excluding hydrogens is 374 g/mol. The van der Waals surface area contributed by atoms with E-state index in [2.05, 4.69) is 70.4 Å². The number of fused-ring (bicyclic) bond motifs is 1. The summed E-state index contributed by atoms with van der Waals surface area (Å²) in [6.07, 6.45) is 6.06. The van der Waals surface area contributed by atoms with E-state index in [0.717, 1.165) is 30.0 Å². The van der Waals surface area contributed by atoms with E-state index in [9.17, 15) is 0 Å². The van der Waals surface area contributed by atoms with Gasteiger partial charge >= 0.3 is 0 Å². The van der Waals surface area contributed by atoms with Gasteiger partial charge in [-0.1, -0.05) is 43.7 Å². The van der Waals surface area contributed by atoms with Crippen molar-refractivity contribution in [2.45, 2.75) is 33.1 Å². The fourth-order valence-electron chi connectivity index (χ4n) is 3.27. The van der Waals surface area contributed by atoms with Crippen LogP contribution in [0.3, 0.4) is 0 Å². The lowest BCUT2D eigenvalue weighted by Crippen LogP contribution is -2.09. The maximum absolute atomic E-state index is 7.25. The van der Waals surface area contributed by atoms with Gasteiger partial charge in [-0.2, -0.15) is 0 Å². The van der Waals surface area contributed by atoms with Crippen molar-refractivity contribution in [2.24, 2.45) is 0 Å². The second-order valence-corrected chi connectivity index (χ2v) is 7.59. The molecule has 0 saturated carbocycles. The summed E-state index contributed by atoms with van der Waals surface area (Å²) in [5.41, 5.74) is 5.20. The van der Waals surface area contributed by atoms with Crippen molar-refractivity contribution < 1.29 is 0 Å². The molecule has 0 spiro atoms. The van der Waals surface area contributed by atoms with E-state index in [1.54, 1.807) is 18.5 Å². The van der Waals surface area contributed by atoms with Crippen LogP contribution >= 0.6 is 0 Å². The van der Waals surface area contributed by atoms with Gasteiger partial charge in [0.15, 0.2) is 5.82 Å². The van der Waals surface area contributed by atoms with E-state index < -0.39 is 0 Å². The quantitative estimate of drug-likeness (QED) is 0.472. The third-order valence-electron chi connectivity index (χ3n) is 4.91. The highest BCUT2D eigenvalue weighted by Crippen LogP contribution is 2.26. The van der Waals surface area contributed by atoms with Gasteiger partial charge < -0.3 is 5.32 Å². The standard InChI is InChI=1S/C23H23N7/c1-15(2)22-28-29-23-21(26-10-9-17-7-5-16(3)6-8-17)27-20(14-30(22)23)18-11-19(24-4)13-25-12-18/h5-8,11-15H,9-10H2,1-3H3,(H,26,27). The van der Waals surface area contributed by atoms with Gasteiger partial charge in [0.25, 0.3) is 0 Å². The first-order valence-electron chi connectivity index (χ1n) is 9.93. The van der Waals surface area contributed by atoms with Crippen LogP contribution in [0.1, 0.15) is 36.7 Å². The molecule has 0 saturated heterocycles. The first kappa shape index (κ1) is 19.5. The molecule has 0 amide bonds. The zero-order chi connectivity index (χ0) is 21.1. The Morgan fingerprint density at radius 1 is 1.13 bits per heavy atom. The van der Waals surface area contributed by atoms with E-state index in [-0.39, 0.29) is 5.92 Å². The molecule has 4 aromatic rings. The molecule has 1 aromatic carbocycles. The fourth-order valence-corrected chi connectivity index (χ4v) is 3.27. The molecule has 0 aliphatic rings. The van der Waals surface area contributed by atoms with Gasteiger partial charge in [0.2, 0.25) is 11.3 Å². The topological polar surface area (TPSA) is 72.4 Å². The van der Waals surface area contributed by atoms with E-state index in [1.807, 2.05) is 10.6 Å². The van der Waals surface area contributed by atoms with Crippen molar-refractivity contribution in [1.29, 1.82) is 0 Å². The number of aromatic nitrogens is 5. The lowest BCUT2D eigenvalue weighted by Gasteiger charge is -2.11. The van der Waals surface area contributed by atoms with Gasteiger partial charge in [-0.15, -0.1) is 10.2 Å². The summed E-state index contributed by atoms with van der Waals surface area (Å²) in [4.78, 5) is 12.4. The number of rotatable bonds is 6. The average molecular weight is 397 g/mol. The van der Waals surface area contributed by atoms with Gasteiger partial charge in [-0.05, 0) is 25.0 Å². The highest BCUT2D eigenvalue weighted by Gasteiger charge is 2.16. The van der Waals surface area contributed by atoms with Crippen LogP contribution in [0.15, 0.2) is 48.9 Å². The Balaban J connectivity index is 1.70. The minimum atomic E-state index is 0.211. The zero-order valence-electron chi connectivity index (χ0n) is 17.3. The number of pyridine rings is 1. The van der Waals surface area contributed by atoms with Crippen LogP contribution in [0.25, 0.3) is 21.7 Å². The zero-order valence-corrected chi connectivity index (χ0v) is 17.3. The largest absolute Gasteiger partial charge is 0.367 e. The summed E-state index contributed by atoms with van der Waals surface area (Å²) in [6, 6.07) is 10.3. The van der Waals surface area contributed by atoms with Gasteiger partial charge in [0, 0.05) is 36.6 Å². The molecule has 30 heavy (non-hydrogen) atoms. The predicted octanol–water partition coefficient (Wildman–Crippen LogP) is 4.82. The highest BCUT2D eigenvalue weighted by atomic mass is 15.3. The monoisotopic (exact) mass is 397 g/mol. The van der Waals surface area contributed by atoms with Crippen molar-refractivity contribution in [3.8, 4) is 11.3 Å². The van der Waals surface area contributed by atoms with Crippen LogP contribution in [-0.4, -0.2) is 31.1 Å². The molecule has 150 valence electrons. The molecule has 1 N–H and O–H groups in total. The Morgan fingerprint density at radius 3 is 2.67 bits per heavy atom. The molecule has 4 rings (SSSR count). The molecule has 0 aliphatic carbocycles. The minimum Gasteiger partial charge on any atom is -0.367 e. The molecule has 7 nitrogen and oxygen atoms in total. The highest BCUT2D eigenvalue weighted by molar-refractivity contribution is 5.70. The lowest BCUT2D eigenvalue weighted by atomic mass is 10.1. The Labute approximate surface area is 175 Å². The molecule has 0 aliphatic heterocycles. The number of hydrogen-bond acceptors (Lipinski definition) is 5. The second kappa shape index (κ2) is 8.29. The Kier molecular flexibility index (Phi) is 5.40. The van der Waals surface area contributed by atoms with Crippen LogP contribution in [0.5, 0.6) is 0 Å². The third-order valence-corrected chi connectivity index (χ3v) is 4.91. The van der Waals surface area contributed by atoms with Crippen molar-refractivity contribution in [3.05, 3.63) is 77.3 Å². The Hall–Kier alpha value is -3.79.